The van der Waals surface area contributed by atoms with Crippen molar-refractivity contribution in [1.82, 2.24) is 5.32 Å². The second kappa shape index (κ2) is 4.89. The molecule has 13 heavy (non-hydrogen) atoms. The van der Waals surface area contributed by atoms with Gasteiger partial charge in [-0.1, -0.05) is 0 Å². The molecule has 0 heterocycles. The molecule has 0 radical (unpaired) electrons. The van der Waals surface area contributed by atoms with Crippen molar-refractivity contribution in [2.75, 3.05) is 30.9 Å². The monoisotopic (exact) mass is 231 g/mol. The Morgan fingerprint density at radius 3 is 2.00 bits per heavy atom. The minimum Gasteiger partial charge on any atom is -0.319 e. The van der Waals surface area contributed by atoms with Crippen LogP contribution in [-0.2, 0) is 20.0 Å². The van der Waals surface area contributed by atoms with E-state index in [1.807, 2.05) is 0 Å². The minimum absolute atomic E-state index is 0.126. The van der Waals surface area contributed by atoms with Gasteiger partial charge in [-0.2, -0.15) is 8.42 Å². The van der Waals surface area contributed by atoms with Crippen molar-refractivity contribution in [3.8, 4) is 0 Å². The van der Waals surface area contributed by atoms with Crippen molar-refractivity contribution >= 4 is 20.0 Å². The van der Waals surface area contributed by atoms with E-state index >= 15 is 0 Å². The van der Waals surface area contributed by atoms with Gasteiger partial charge in [-0.05, 0) is 7.05 Å². The fourth-order valence-corrected chi connectivity index (χ4v) is 3.17. The van der Waals surface area contributed by atoms with Crippen LogP contribution in [0.25, 0.3) is 0 Å². The predicted octanol–water partition coefficient (Wildman–Crippen LogP) is -1.49. The molecule has 0 spiro atoms. The first kappa shape index (κ1) is 12.8. The number of rotatable bonds is 6. The molecule has 0 unspecified atom stereocenters. The van der Waals surface area contributed by atoms with Gasteiger partial charge in [0.15, 0.2) is 9.84 Å². The van der Waals surface area contributed by atoms with Gasteiger partial charge in [0.25, 0.3) is 10.1 Å². The van der Waals surface area contributed by atoms with Gasteiger partial charge >= 0.3 is 0 Å². The van der Waals surface area contributed by atoms with Crippen LogP contribution in [0, 0.1) is 0 Å². The Morgan fingerprint density at radius 2 is 1.62 bits per heavy atom. The first-order valence-electron chi connectivity index (χ1n) is 3.57. The Kier molecular flexibility index (Phi) is 4.82. The van der Waals surface area contributed by atoms with Crippen molar-refractivity contribution < 1.29 is 21.4 Å². The van der Waals surface area contributed by atoms with Gasteiger partial charge in [-0.25, -0.2) is 8.42 Å². The molecule has 0 aliphatic heterocycles. The molecule has 2 N–H and O–H groups in total. The Hall–Kier alpha value is -0.180. The average Bonchev–Trinajstić information content (AvgIpc) is 1.97. The Bertz CT molecular complexity index is 330. The number of hydrogen-bond acceptors (Lipinski definition) is 5. The summed E-state index contributed by atoms with van der Waals surface area (Å²) in [7, 11) is -5.96. The molecule has 0 saturated carbocycles. The molecule has 8 heteroatoms. The first-order chi connectivity index (χ1) is 5.77. The second-order valence-electron chi connectivity index (χ2n) is 2.54. The molecule has 0 rings (SSSR count). The zero-order chi connectivity index (χ0) is 10.5. The third-order valence-corrected chi connectivity index (χ3v) is 3.95. The molecule has 0 aliphatic rings. The third-order valence-electron chi connectivity index (χ3n) is 1.32. The van der Waals surface area contributed by atoms with Crippen LogP contribution in [-0.4, -0.2) is 52.2 Å². The molecule has 0 aromatic heterocycles. The Labute approximate surface area is 78.0 Å². The normalized spacial score (nSPS) is 13.1. The van der Waals surface area contributed by atoms with Crippen LogP contribution >= 0.6 is 0 Å². The molecule has 0 saturated heterocycles. The molecule has 0 amide bonds. The lowest BCUT2D eigenvalue weighted by Gasteiger charge is -2.01. The number of hydrogen-bond donors (Lipinski definition) is 2. The third kappa shape index (κ3) is 8.16. The zero-order valence-corrected chi connectivity index (χ0v) is 8.86. The highest BCUT2D eigenvalue weighted by molar-refractivity contribution is 7.93. The summed E-state index contributed by atoms with van der Waals surface area (Å²) in [4.78, 5) is 0. The highest BCUT2D eigenvalue weighted by atomic mass is 32.2. The molecule has 0 bridgehead atoms. The standard InChI is InChI=1S/C5H13NO5S2/c1-6-2-3-12(7,8)4-5-13(9,10)11/h6H,2-5H2,1H3,(H,9,10,11). The van der Waals surface area contributed by atoms with Crippen LogP contribution in [0.5, 0.6) is 0 Å². The summed E-state index contributed by atoms with van der Waals surface area (Å²) in [6.45, 7) is 0.272. The molecule has 0 aromatic carbocycles. The van der Waals surface area contributed by atoms with Gasteiger partial charge in [-0.15, -0.1) is 0 Å². The smallest absolute Gasteiger partial charge is 0.265 e. The summed E-state index contributed by atoms with van der Waals surface area (Å²) in [6.07, 6.45) is 0. The topological polar surface area (TPSA) is 101 Å². The predicted molar refractivity (Wildman–Crippen MR) is 49.0 cm³/mol. The maximum Gasteiger partial charge on any atom is 0.265 e. The van der Waals surface area contributed by atoms with Gasteiger partial charge in [0.05, 0.1) is 17.3 Å². The van der Waals surface area contributed by atoms with Crippen LogP contribution in [0.15, 0.2) is 0 Å². The minimum atomic E-state index is -4.18. The van der Waals surface area contributed by atoms with Crippen molar-refractivity contribution in [3.63, 3.8) is 0 Å². The lowest BCUT2D eigenvalue weighted by molar-refractivity contribution is 0.484. The molecule has 0 atom stereocenters. The molecule has 0 aromatic rings. The molecule has 0 fully saturated rings. The lowest BCUT2D eigenvalue weighted by atomic mass is 10.8. The fraction of sp³-hybridized carbons (Fsp3) is 1.00. The largest absolute Gasteiger partial charge is 0.319 e. The van der Waals surface area contributed by atoms with Crippen LogP contribution in [0.2, 0.25) is 0 Å². The molecule has 80 valence electrons. The van der Waals surface area contributed by atoms with Crippen molar-refractivity contribution in [2.24, 2.45) is 0 Å². The van der Waals surface area contributed by atoms with E-state index < -0.39 is 31.5 Å². The molecular formula is C5H13NO5S2. The highest BCUT2D eigenvalue weighted by Gasteiger charge is 2.14. The van der Waals surface area contributed by atoms with Gasteiger partial charge in [0.1, 0.15) is 0 Å². The maximum atomic E-state index is 11.0. The van der Waals surface area contributed by atoms with E-state index in [1.54, 1.807) is 7.05 Å². The number of nitrogens with one attached hydrogen (secondary N) is 1. The van der Waals surface area contributed by atoms with Crippen molar-refractivity contribution in [1.29, 1.82) is 0 Å². The average molecular weight is 231 g/mol. The summed E-state index contributed by atoms with van der Waals surface area (Å²) >= 11 is 0. The summed E-state index contributed by atoms with van der Waals surface area (Å²) in [6, 6.07) is 0. The molecular weight excluding hydrogens is 218 g/mol. The van der Waals surface area contributed by atoms with Gasteiger partial charge in [-0.3, -0.25) is 4.55 Å². The Morgan fingerprint density at radius 1 is 1.08 bits per heavy atom. The van der Waals surface area contributed by atoms with Crippen LogP contribution in [0.1, 0.15) is 0 Å². The highest BCUT2D eigenvalue weighted by Crippen LogP contribution is 1.92. The van der Waals surface area contributed by atoms with E-state index in [0.717, 1.165) is 0 Å². The van der Waals surface area contributed by atoms with Gasteiger partial charge < -0.3 is 5.32 Å². The molecule has 6 nitrogen and oxygen atoms in total. The fourth-order valence-electron chi connectivity index (χ4n) is 0.592. The van der Waals surface area contributed by atoms with Crippen molar-refractivity contribution in [2.45, 2.75) is 0 Å². The van der Waals surface area contributed by atoms with Gasteiger partial charge in [0.2, 0.25) is 0 Å². The van der Waals surface area contributed by atoms with E-state index in [0.29, 0.717) is 0 Å². The Balaban J connectivity index is 4.05. The summed E-state index contributed by atoms with van der Waals surface area (Å²) < 4.78 is 50.8. The first-order valence-corrected chi connectivity index (χ1v) is 7.00. The summed E-state index contributed by atoms with van der Waals surface area (Å²) in [5, 5.41) is 2.63. The molecule has 0 aliphatic carbocycles. The lowest BCUT2D eigenvalue weighted by Crippen LogP contribution is -2.24. The van der Waals surface area contributed by atoms with E-state index in [9.17, 15) is 16.8 Å². The van der Waals surface area contributed by atoms with E-state index in [1.165, 1.54) is 0 Å². The van der Waals surface area contributed by atoms with Crippen LogP contribution in [0.3, 0.4) is 0 Å². The van der Waals surface area contributed by atoms with Crippen LogP contribution in [0.4, 0.5) is 0 Å². The quantitative estimate of drug-likeness (QED) is 0.540. The summed E-state index contributed by atoms with van der Waals surface area (Å²) in [5.74, 6) is -1.40. The van der Waals surface area contributed by atoms with Crippen molar-refractivity contribution in [3.05, 3.63) is 0 Å². The van der Waals surface area contributed by atoms with Gasteiger partial charge in [0, 0.05) is 6.54 Å². The summed E-state index contributed by atoms with van der Waals surface area (Å²) in [5.41, 5.74) is 0. The van der Waals surface area contributed by atoms with E-state index in [2.05, 4.69) is 5.32 Å². The zero-order valence-electron chi connectivity index (χ0n) is 7.23. The maximum absolute atomic E-state index is 11.0. The second-order valence-corrected chi connectivity index (χ2v) is 6.42. The number of sulfone groups is 1. The van der Waals surface area contributed by atoms with E-state index in [4.69, 9.17) is 4.55 Å². The van der Waals surface area contributed by atoms with Crippen LogP contribution < -0.4 is 5.32 Å². The SMILES string of the molecule is CNCCS(=O)(=O)CCS(=O)(=O)O. The van der Waals surface area contributed by atoms with E-state index in [-0.39, 0.29) is 12.3 Å².